The molecule has 0 aliphatic carbocycles. The van der Waals surface area contributed by atoms with Gasteiger partial charge in [0, 0.05) is 25.4 Å². The summed E-state index contributed by atoms with van der Waals surface area (Å²) in [6.45, 7) is 5.19. The molecule has 1 fully saturated rings. The van der Waals surface area contributed by atoms with Gasteiger partial charge in [-0.1, -0.05) is 31.5 Å². The normalized spacial score (nSPS) is 17.0. The number of aryl methyl sites for hydroxylation is 1. The molecule has 1 aromatic carbocycles. The molecule has 94 valence electrons. The van der Waals surface area contributed by atoms with E-state index < -0.39 is 0 Å². The maximum atomic E-state index is 5.39. The highest BCUT2D eigenvalue weighted by molar-refractivity contribution is 5.51. The number of ether oxygens (including phenoxy) is 1. The number of benzene rings is 1. The number of hydrogen-bond acceptors (Lipinski definition) is 2. The molecule has 0 atom stereocenters. The highest BCUT2D eigenvalue weighted by atomic mass is 16.5. The monoisotopic (exact) mass is 233 g/mol. The maximum absolute atomic E-state index is 5.39. The Balaban J connectivity index is 1.88. The van der Waals surface area contributed by atoms with Crippen molar-refractivity contribution in [3.05, 3.63) is 29.8 Å². The van der Waals surface area contributed by atoms with Gasteiger partial charge in [-0.2, -0.15) is 0 Å². The van der Waals surface area contributed by atoms with Gasteiger partial charge in [0.1, 0.15) is 0 Å². The Bertz CT molecular complexity index is 331. The van der Waals surface area contributed by atoms with Crippen LogP contribution in [-0.4, -0.2) is 19.8 Å². The molecule has 2 nitrogen and oxygen atoms in total. The smallest absolute Gasteiger partial charge is 0.0469 e. The molecular weight excluding hydrogens is 210 g/mol. The molecule has 17 heavy (non-hydrogen) atoms. The molecule has 0 aromatic heterocycles. The van der Waals surface area contributed by atoms with Crippen LogP contribution in [0.3, 0.4) is 0 Å². The van der Waals surface area contributed by atoms with Crippen molar-refractivity contribution in [2.45, 2.75) is 32.6 Å². The van der Waals surface area contributed by atoms with Crippen molar-refractivity contribution in [3.63, 3.8) is 0 Å². The zero-order valence-electron chi connectivity index (χ0n) is 10.7. The number of anilines is 1. The Morgan fingerprint density at radius 1 is 1.24 bits per heavy atom. The molecule has 0 bridgehead atoms. The van der Waals surface area contributed by atoms with Crippen molar-refractivity contribution >= 4 is 5.69 Å². The van der Waals surface area contributed by atoms with Crippen molar-refractivity contribution in [1.29, 1.82) is 0 Å². The highest BCUT2D eigenvalue weighted by Gasteiger charge is 2.13. The minimum atomic E-state index is 0.776. The van der Waals surface area contributed by atoms with Crippen molar-refractivity contribution in [3.8, 4) is 0 Å². The number of para-hydroxylation sites is 1. The van der Waals surface area contributed by atoms with E-state index in [1.807, 2.05) is 0 Å². The Morgan fingerprint density at radius 3 is 2.76 bits per heavy atom. The predicted octanol–water partition coefficient (Wildman–Crippen LogP) is 3.48. The van der Waals surface area contributed by atoms with Gasteiger partial charge in [0.2, 0.25) is 0 Å². The fraction of sp³-hybridized carbons (Fsp3) is 0.600. The van der Waals surface area contributed by atoms with E-state index in [0.717, 1.165) is 32.1 Å². The van der Waals surface area contributed by atoms with Gasteiger partial charge < -0.3 is 10.1 Å². The fourth-order valence-electron chi connectivity index (χ4n) is 2.38. The quantitative estimate of drug-likeness (QED) is 0.840. The third kappa shape index (κ3) is 3.74. The zero-order chi connectivity index (χ0) is 11.9. The van der Waals surface area contributed by atoms with Crippen molar-refractivity contribution in [2.75, 3.05) is 25.1 Å². The predicted molar refractivity (Wildman–Crippen MR) is 72.5 cm³/mol. The Kier molecular flexibility index (Phi) is 4.87. The van der Waals surface area contributed by atoms with Crippen molar-refractivity contribution in [2.24, 2.45) is 5.92 Å². The molecule has 2 heteroatoms. The van der Waals surface area contributed by atoms with Crippen LogP contribution in [0.15, 0.2) is 24.3 Å². The molecule has 1 aliphatic heterocycles. The first kappa shape index (κ1) is 12.4. The van der Waals surface area contributed by atoms with Crippen molar-refractivity contribution < 1.29 is 4.74 Å². The minimum Gasteiger partial charge on any atom is -0.385 e. The summed E-state index contributed by atoms with van der Waals surface area (Å²) in [4.78, 5) is 0. The second-order valence-electron chi connectivity index (χ2n) is 4.84. The van der Waals surface area contributed by atoms with Gasteiger partial charge in [-0.3, -0.25) is 0 Å². The molecule has 1 N–H and O–H groups in total. The first-order valence-corrected chi connectivity index (χ1v) is 6.79. The molecule has 0 amide bonds. The van der Waals surface area contributed by atoms with Gasteiger partial charge in [0.25, 0.3) is 0 Å². The maximum Gasteiger partial charge on any atom is 0.0469 e. The number of rotatable bonds is 5. The Hall–Kier alpha value is -1.02. The van der Waals surface area contributed by atoms with Crippen LogP contribution in [0.4, 0.5) is 5.69 Å². The first-order valence-electron chi connectivity index (χ1n) is 6.79. The minimum absolute atomic E-state index is 0.776. The van der Waals surface area contributed by atoms with Crippen LogP contribution in [0.5, 0.6) is 0 Å². The van der Waals surface area contributed by atoms with Gasteiger partial charge in [0.05, 0.1) is 0 Å². The summed E-state index contributed by atoms with van der Waals surface area (Å²) < 4.78 is 5.39. The summed E-state index contributed by atoms with van der Waals surface area (Å²) in [5.74, 6) is 0.776. The van der Waals surface area contributed by atoms with Gasteiger partial charge in [-0.15, -0.1) is 0 Å². The summed E-state index contributed by atoms with van der Waals surface area (Å²) in [6, 6.07) is 8.68. The summed E-state index contributed by atoms with van der Waals surface area (Å²) in [5.41, 5.74) is 2.77. The molecule has 1 heterocycles. The Morgan fingerprint density at radius 2 is 2.00 bits per heavy atom. The van der Waals surface area contributed by atoms with Gasteiger partial charge in [-0.05, 0) is 36.8 Å². The Labute approximate surface area is 104 Å². The van der Waals surface area contributed by atoms with Crippen LogP contribution in [0, 0.1) is 5.92 Å². The van der Waals surface area contributed by atoms with Gasteiger partial charge in [-0.25, -0.2) is 0 Å². The summed E-state index contributed by atoms with van der Waals surface area (Å²) in [7, 11) is 0. The van der Waals surface area contributed by atoms with Crippen LogP contribution < -0.4 is 5.32 Å². The van der Waals surface area contributed by atoms with E-state index in [9.17, 15) is 0 Å². The lowest BCUT2D eigenvalue weighted by atomic mass is 10.00. The molecule has 0 spiro atoms. The van der Waals surface area contributed by atoms with Crippen LogP contribution in [-0.2, 0) is 11.2 Å². The summed E-state index contributed by atoms with van der Waals surface area (Å²) in [6.07, 6.45) is 4.76. The largest absolute Gasteiger partial charge is 0.385 e. The lowest BCUT2D eigenvalue weighted by Gasteiger charge is -2.23. The van der Waals surface area contributed by atoms with E-state index in [2.05, 4.69) is 36.5 Å². The second-order valence-corrected chi connectivity index (χ2v) is 4.84. The summed E-state index contributed by atoms with van der Waals surface area (Å²) in [5, 5.41) is 3.61. The van der Waals surface area contributed by atoms with Gasteiger partial charge in [0.15, 0.2) is 0 Å². The lowest BCUT2D eigenvalue weighted by molar-refractivity contribution is 0.0699. The van der Waals surface area contributed by atoms with E-state index in [0.29, 0.717) is 0 Å². The number of nitrogens with one attached hydrogen (secondary N) is 1. The fourth-order valence-corrected chi connectivity index (χ4v) is 2.38. The average Bonchev–Trinajstić information content (AvgIpc) is 2.39. The third-order valence-electron chi connectivity index (χ3n) is 3.46. The van der Waals surface area contributed by atoms with Crippen LogP contribution in [0.25, 0.3) is 0 Å². The molecule has 1 aliphatic rings. The standard InChI is InChI=1S/C15H23NO/c1-2-5-14-6-3-4-7-15(14)16-12-13-8-10-17-11-9-13/h3-4,6-7,13,16H,2,5,8-12H2,1H3. The first-order chi connectivity index (χ1) is 8.40. The van der Waals surface area contributed by atoms with Crippen LogP contribution in [0.2, 0.25) is 0 Å². The second kappa shape index (κ2) is 6.65. The number of hydrogen-bond donors (Lipinski definition) is 1. The van der Waals surface area contributed by atoms with Crippen LogP contribution in [0.1, 0.15) is 31.7 Å². The van der Waals surface area contributed by atoms with Gasteiger partial charge >= 0.3 is 0 Å². The van der Waals surface area contributed by atoms with Crippen molar-refractivity contribution in [1.82, 2.24) is 0 Å². The van der Waals surface area contributed by atoms with E-state index in [-0.39, 0.29) is 0 Å². The molecule has 2 rings (SSSR count). The molecular formula is C15H23NO. The third-order valence-corrected chi connectivity index (χ3v) is 3.46. The molecule has 0 unspecified atom stereocenters. The van der Waals surface area contributed by atoms with E-state index in [1.54, 1.807) is 0 Å². The highest BCUT2D eigenvalue weighted by Crippen LogP contribution is 2.20. The molecule has 0 radical (unpaired) electrons. The molecule has 1 aromatic rings. The molecule has 0 saturated carbocycles. The molecule has 1 saturated heterocycles. The summed E-state index contributed by atoms with van der Waals surface area (Å²) >= 11 is 0. The van der Waals surface area contributed by atoms with E-state index in [4.69, 9.17) is 4.74 Å². The SMILES string of the molecule is CCCc1ccccc1NCC1CCOCC1. The topological polar surface area (TPSA) is 21.3 Å². The van der Waals surface area contributed by atoms with E-state index >= 15 is 0 Å². The average molecular weight is 233 g/mol. The lowest BCUT2D eigenvalue weighted by Crippen LogP contribution is -2.22. The van der Waals surface area contributed by atoms with E-state index in [1.165, 1.54) is 30.5 Å². The van der Waals surface area contributed by atoms with Crippen LogP contribution >= 0.6 is 0 Å². The zero-order valence-corrected chi connectivity index (χ0v) is 10.7.